The number of halogens is 2. The van der Waals surface area contributed by atoms with E-state index in [-0.39, 0.29) is 30.7 Å². The molecule has 0 saturated carbocycles. The lowest BCUT2D eigenvalue weighted by Gasteiger charge is -2.31. The van der Waals surface area contributed by atoms with Gasteiger partial charge in [-0.25, -0.2) is 0 Å². The van der Waals surface area contributed by atoms with E-state index in [1.54, 1.807) is 0 Å². The Kier molecular flexibility index (Phi) is 19.0. The van der Waals surface area contributed by atoms with E-state index in [0.717, 1.165) is 60.9 Å². The van der Waals surface area contributed by atoms with Gasteiger partial charge in [0.25, 0.3) is 5.91 Å². The van der Waals surface area contributed by atoms with Crippen LogP contribution in [0.2, 0.25) is 0 Å². The maximum atomic E-state index is 12.5. The van der Waals surface area contributed by atoms with E-state index in [9.17, 15) is 4.79 Å². The first kappa shape index (κ1) is 35.6. The van der Waals surface area contributed by atoms with E-state index in [0.29, 0.717) is 6.54 Å². The molecule has 0 radical (unpaired) electrons. The molecule has 35 heavy (non-hydrogen) atoms. The molecule has 4 nitrogen and oxygen atoms in total. The van der Waals surface area contributed by atoms with Crippen molar-refractivity contribution in [2.24, 2.45) is 0 Å². The van der Waals surface area contributed by atoms with Crippen LogP contribution in [0.25, 0.3) is 6.08 Å². The Hall–Kier alpha value is -1.59. The number of allylic oxidation sites excluding steroid dienone is 5. The summed E-state index contributed by atoms with van der Waals surface area (Å²) in [6.45, 7) is 12.4. The molecule has 0 heterocycles. The quantitative estimate of drug-likeness (QED) is 0.214. The van der Waals surface area contributed by atoms with E-state index in [1.807, 2.05) is 24.3 Å². The molecule has 1 rings (SSSR count). The number of carbonyl (C=O) groups excluding carboxylic acids is 1. The minimum atomic E-state index is 0. The summed E-state index contributed by atoms with van der Waals surface area (Å²) in [5.74, 6) is 0.00332. The highest BCUT2D eigenvalue weighted by atomic mass is 35.5. The van der Waals surface area contributed by atoms with Crippen molar-refractivity contribution >= 4 is 36.8 Å². The van der Waals surface area contributed by atoms with Gasteiger partial charge in [-0.3, -0.25) is 4.79 Å². The molecule has 0 unspecified atom stereocenters. The van der Waals surface area contributed by atoms with Gasteiger partial charge in [0.15, 0.2) is 0 Å². The summed E-state index contributed by atoms with van der Waals surface area (Å²) in [7, 11) is 8.60. The fourth-order valence-electron chi connectivity index (χ4n) is 3.48. The molecular formula is C29H50Cl2N3O+. The number of carbonyl (C=O) groups is 1. The molecule has 0 atom stereocenters. The van der Waals surface area contributed by atoms with Gasteiger partial charge in [0.2, 0.25) is 0 Å². The van der Waals surface area contributed by atoms with E-state index in [1.165, 1.54) is 16.7 Å². The second-order valence-electron chi connectivity index (χ2n) is 10.5. The summed E-state index contributed by atoms with van der Waals surface area (Å²) in [5, 5.41) is 3.07. The van der Waals surface area contributed by atoms with Gasteiger partial charge in [0.1, 0.15) is 0 Å². The van der Waals surface area contributed by atoms with Crippen molar-refractivity contribution in [1.29, 1.82) is 0 Å². The first-order valence-electron chi connectivity index (χ1n) is 12.3. The smallest absolute Gasteiger partial charge is 0.251 e. The monoisotopic (exact) mass is 526 g/mol. The minimum absolute atomic E-state index is 0. The van der Waals surface area contributed by atoms with Gasteiger partial charge in [0, 0.05) is 12.1 Å². The Labute approximate surface area is 228 Å². The Balaban J connectivity index is 0. The Bertz CT molecular complexity index is 821. The third kappa shape index (κ3) is 17.5. The van der Waals surface area contributed by atoms with Gasteiger partial charge in [-0.2, -0.15) is 0 Å². The van der Waals surface area contributed by atoms with Crippen molar-refractivity contribution < 1.29 is 9.28 Å². The molecule has 0 bridgehead atoms. The molecule has 0 aliphatic rings. The normalized spacial score (nSPS) is 12.0. The lowest BCUT2D eigenvalue weighted by Crippen LogP contribution is -2.48. The van der Waals surface area contributed by atoms with E-state index in [2.05, 4.69) is 84.3 Å². The zero-order chi connectivity index (χ0) is 24.9. The van der Waals surface area contributed by atoms with Gasteiger partial charge >= 0.3 is 0 Å². The standard InChI is InChI=1S/C29H47N3O.2ClH/c1-24(2)11-9-12-25(3)13-10-14-26(4)23-27-15-17-28(18-16-27)29(33)30-19-21-32(7,8)22-20-31(5)6;;/h11,13,15-18,23H,9-10,12,14,19-22H2,1-8H3;2*1H/p+1. The van der Waals surface area contributed by atoms with Crippen LogP contribution in [0.5, 0.6) is 0 Å². The first-order valence-corrected chi connectivity index (χ1v) is 12.3. The number of nitrogens with one attached hydrogen (secondary N) is 1. The molecule has 1 N–H and O–H groups in total. The highest BCUT2D eigenvalue weighted by Gasteiger charge is 2.15. The third-order valence-corrected chi connectivity index (χ3v) is 5.86. The van der Waals surface area contributed by atoms with Crippen LogP contribution in [-0.2, 0) is 0 Å². The largest absolute Gasteiger partial charge is 0.346 e. The van der Waals surface area contributed by atoms with Gasteiger partial charge in [-0.05, 0) is 85.2 Å². The van der Waals surface area contributed by atoms with Crippen molar-refractivity contribution in [3.8, 4) is 0 Å². The van der Waals surface area contributed by atoms with Crippen LogP contribution in [0.3, 0.4) is 0 Å². The molecule has 0 spiro atoms. The predicted molar refractivity (Wildman–Crippen MR) is 159 cm³/mol. The summed E-state index contributed by atoms with van der Waals surface area (Å²) in [5.41, 5.74) is 6.09. The molecule has 0 aliphatic heterocycles. The van der Waals surface area contributed by atoms with E-state index < -0.39 is 0 Å². The van der Waals surface area contributed by atoms with Crippen molar-refractivity contribution in [3.63, 3.8) is 0 Å². The van der Waals surface area contributed by atoms with Crippen molar-refractivity contribution in [3.05, 3.63) is 64.3 Å². The molecule has 0 aromatic heterocycles. The molecule has 1 aromatic carbocycles. The summed E-state index contributed by atoms with van der Waals surface area (Å²) in [4.78, 5) is 14.7. The van der Waals surface area contributed by atoms with Crippen LogP contribution in [-0.4, -0.2) is 69.7 Å². The van der Waals surface area contributed by atoms with Crippen molar-refractivity contribution in [2.45, 2.75) is 53.4 Å². The van der Waals surface area contributed by atoms with Gasteiger partial charge < -0.3 is 14.7 Å². The second-order valence-corrected chi connectivity index (χ2v) is 10.5. The van der Waals surface area contributed by atoms with Gasteiger partial charge in [-0.1, -0.05) is 47.1 Å². The average Bonchev–Trinajstić information content (AvgIpc) is 2.72. The van der Waals surface area contributed by atoms with E-state index >= 15 is 0 Å². The maximum absolute atomic E-state index is 12.5. The lowest BCUT2D eigenvalue weighted by molar-refractivity contribution is -0.888. The number of amides is 1. The number of benzene rings is 1. The van der Waals surface area contributed by atoms with Crippen LogP contribution < -0.4 is 5.32 Å². The SMILES string of the molecule is CC(C)=CCCC(C)=CCCC(C)=Cc1ccc(C(=O)NCC[N+](C)(C)CCN(C)C)cc1.Cl.Cl. The molecule has 0 saturated heterocycles. The summed E-state index contributed by atoms with van der Waals surface area (Å²) >= 11 is 0. The van der Waals surface area contributed by atoms with Crippen LogP contribution in [0.1, 0.15) is 69.3 Å². The van der Waals surface area contributed by atoms with Crippen LogP contribution in [0.15, 0.2) is 53.1 Å². The zero-order valence-corrected chi connectivity index (χ0v) is 25.0. The molecule has 0 fully saturated rings. The number of hydrogen-bond acceptors (Lipinski definition) is 2. The molecule has 0 aliphatic carbocycles. The molecule has 6 heteroatoms. The molecule has 1 amide bonds. The predicted octanol–water partition coefficient (Wildman–Crippen LogP) is 6.77. The highest BCUT2D eigenvalue weighted by molar-refractivity contribution is 5.94. The summed E-state index contributed by atoms with van der Waals surface area (Å²) in [6.07, 6.45) is 11.3. The Morgan fingerprint density at radius 3 is 2.03 bits per heavy atom. The maximum Gasteiger partial charge on any atom is 0.251 e. The van der Waals surface area contributed by atoms with Crippen LogP contribution in [0, 0.1) is 0 Å². The molecular weight excluding hydrogens is 477 g/mol. The summed E-state index contributed by atoms with van der Waals surface area (Å²) < 4.78 is 0.894. The fourth-order valence-corrected chi connectivity index (χ4v) is 3.48. The molecule has 1 aromatic rings. The minimum Gasteiger partial charge on any atom is -0.346 e. The summed E-state index contributed by atoms with van der Waals surface area (Å²) in [6, 6.07) is 7.92. The number of likely N-dealkylation sites (N-methyl/N-ethyl adjacent to an activating group) is 2. The number of nitrogens with zero attached hydrogens (tertiary/aromatic N) is 2. The van der Waals surface area contributed by atoms with E-state index in [4.69, 9.17) is 0 Å². The Morgan fingerprint density at radius 2 is 1.46 bits per heavy atom. The van der Waals surface area contributed by atoms with Crippen molar-refractivity contribution in [1.82, 2.24) is 10.2 Å². The van der Waals surface area contributed by atoms with Crippen molar-refractivity contribution in [2.75, 3.05) is 54.4 Å². The topological polar surface area (TPSA) is 32.3 Å². The number of rotatable bonds is 14. The van der Waals surface area contributed by atoms with Gasteiger partial charge in [0.05, 0.1) is 33.7 Å². The molecule has 200 valence electrons. The highest BCUT2D eigenvalue weighted by Crippen LogP contribution is 2.15. The number of quaternary nitrogens is 1. The average molecular weight is 528 g/mol. The second kappa shape index (κ2) is 18.6. The first-order chi connectivity index (χ1) is 15.5. The van der Waals surface area contributed by atoms with Gasteiger partial charge in [-0.15, -0.1) is 24.8 Å². The lowest BCUT2D eigenvalue weighted by atomic mass is 10.0. The fraction of sp³-hybridized carbons (Fsp3) is 0.552. The zero-order valence-electron chi connectivity index (χ0n) is 23.3. The van der Waals surface area contributed by atoms with Crippen LogP contribution >= 0.6 is 24.8 Å². The Morgan fingerprint density at radius 1 is 0.886 bits per heavy atom. The number of hydrogen-bond donors (Lipinski definition) is 1. The van der Waals surface area contributed by atoms with Crippen LogP contribution in [0.4, 0.5) is 0 Å². The third-order valence-electron chi connectivity index (χ3n) is 5.86.